The molecule has 0 bridgehead atoms. The van der Waals surface area contributed by atoms with Crippen molar-refractivity contribution in [1.29, 1.82) is 0 Å². The Morgan fingerprint density at radius 3 is 2.85 bits per heavy atom. The second-order valence-corrected chi connectivity index (χ2v) is 3.49. The van der Waals surface area contributed by atoms with Gasteiger partial charge in [0.05, 0.1) is 0 Å². The van der Waals surface area contributed by atoms with Gasteiger partial charge in [0, 0.05) is 18.4 Å². The van der Waals surface area contributed by atoms with E-state index in [9.17, 15) is 0 Å². The number of nitrogens with zero attached hydrogens (tertiary/aromatic N) is 2. The van der Waals surface area contributed by atoms with E-state index in [2.05, 4.69) is 36.8 Å². The van der Waals surface area contributed by atoms with Crippen molar-refractivity contribution in [2.45, 2.75) is 26.8 Å². The van der Waals surface area contributed by atoms with Crippen molar-refractivity contribution in [2.24, 2.45) is 0 Å². The highest BCUT2D eigenvalue weighted by Crippen LogP contribution is 2.06. The maximum atomic E-state index is 4.27. The molecular formula is C11H18N2. The Morgan fingerprint density at radius 2 is 2.23 bits per heavy atom. The summed E-state index contributed by atoms with van der Waals surface area (Å²) in [6.07, 6.45) is 3.05. The minimum Gasteiger partial charge on any atom is -0.302 e. The molecule has 2 heteroatoms. The zero-order valence-electron chi connectivity index (χ0n) is 8.75. The van der Waals surface area contributed by atoms with Crippen LogP contribution >= 0.6 is 0 Å². The number of aromatic nitrogens is 1. The Bertz CT molecular complexity index is 258. The summed E-state index contributed by atoms with van der Waals surface area (Å²) in [5.74, 6) is 0. The lowest BCUT2D eigenvalue weighted by molar-refractivity contribution is 0.326. The fourth-order valence-corrected chi connectivity index (χ4v) is 1.44. The van der Waals surface area contributed by atoms with Crippen molar-refractivity contribution in [3.05, 3.63) is 29.6 Å². The molecule has 1 aromatic heterocycles. The highest BCUT2D eigenvalue weighted by atomic mass is 15.1. The van der Waals surface area contributed by atoms with E-state index in [0.717, 1.165) is 18.8 Å². The van der Waals surface area contributed by atoms with Crippen molar-refractivity contribution in [2.75, 3.05) is 13.6 Å². The summed E-state index contributed by atoms with van der Waals surface area (Å²) in [5.41, 5.74) is 2.48. The Labute approximate surface area is 80.6 Å². The second-order valence-electron chi connectivity index (χ2n) is 3.49. The van der Waals surface area contributed by atoms with E-state index in [0.29, 0.717) is 0 Å². The van der Waals surface area contributed by atoms with Gasteiger partial charge in [0.1, 0.15) is 0 Å². The van der Waals surface area contributed by atoms with Gasteiger partial charge in [-0.3, -0.25) is 4.98 Å². The maximum Gasteiger partial charge on any atom is 0.0417 e. The van der Waals surface area contributed by atoms with Crippen molar-refractivity contribution in [1.82, 2.24) is 9.88 Å². The van der Waals surface area contributed by atoms with Gasteiger partial charge in [0.15, 0.2) is 0 Å². The third-order valence-electron chi connectivity index (χ3n) is 2.16. The number of rotatable bonds is 4. The normalized spacial score (nSPS) is 10.8. The second kappa shape index (κ2) is 4.97. The number of aryl methyl sites for hydroxylation is 1. The molecule has 0 aliphatic rings. The van der Waals surface area contributed by atoms with Gasteiger partial charge >= 0.3 is 0 Å². The van der Waals surface area contributed by atoms with Crippen LogP contribution in [0, 0.1) is 6.92 Å². The van der Waals surface area contributed by atoms with Crippen LogP contribution in [0.25, 0.3) is 0 Å². The fraction of sp³-hybridized carbons (Fsp3) is 0.545. The molecule has 0 fully saturated rings. The van der Waals surface area contributed by atoms with Crippen LogP contribution < -0.4 is 0 Å². The third-order valence-corrected chi connectivity index (χ3v) is 2.16. The molecule has 0 aliphatic carbocycles. The summed E-state index contributed by atoms with van der Waals surface area (Å²) in [4.78, 5) is 6.59. The highest BCUT2D eigenvalue weighted by molar-refractivity contribution is 5.17. The van der Waals surface area contributed by atoms with E-state index in [1.807, 2.05) is 12.3 Å². The summed E-state index contributed by atoms with van der Waals surface area (Å²) >= 11 is 0. The van der Waals surface area contributed by atoms with Gasteiger partial charge in [-0.25, -0.2) is 0 Å². The molecule has 0 saturated carbocycles. The fourth-order valence-electron chi connectivity index (χ4n) is 1.44. The molecule has 0 radical (unpaired) electrons. The molecule has 0 atom stereocenters. The molecule has 72 valence electrons. The smallest absolute Gasteiger partial charge is 0.0417 e. The molecule has 0 spiro atoms. The molecular weight excluding hydrogens is 160 g/mol. The van der Waals surface area contributed by atoms with E-state index in [1.54, 1.807) is 0 Å². The lowest BCUT2D eigenvalue weighted by Gasteiger charge is -2.16. The van der Waals surface area contributed by atoms with Gasteiger partial charge in [-0.05, 0) is 38.6 Å². The predicted molar refractivity (Wildman–Crippen MR) is 55.6 cm³/mol. The molecule has 1 heterocycles. The first-order valence-corrected chi connectivity index (χ1v) is 4.83. The minimum atomic E-state index is 1.01. The Balaban J connectivity index is 2.58. The molecule has 0 amide bonds. The average molecular weight is 178 g/mol. The number of hydrogen-bond donors (Lipinski definition) is 0. The minimum absolute atomic E-state index is 1.01. The van der Waals surface area contributed by atoms with Crippen LogP contribution in [0.4, 0.5) is 0 Å². The molecule has 0 unspecified atom stereocenters. The summed E-state index contributed by atoms with van der Waals surface area (Å²) in [5, 5.41) is 0. The molecule has 1 aromatic rings. The molecule has 1 rings (SSSR count). The van der Waals surface area contributed by atoms with Gasteiger partial charge in [0.25, 0.3) is 0 Å². The molecule has 0 N–H and O–H groups in total. The predicted octanol–water partition coefficient (Wildman–Crippen LogP) is 2.23. The lowest BCUT2D eigenvalue weighted by Crippen LogP contribution is -2.19. The van der Waals surface area contributed by atoms with Crippen LogP contribution in [0.1, 0.15) is 24.6 Å². The number of hydrogen-bond acceptors (Lipinski definition) is 2. The molecule has 0 saturated heterocycles. The topological polar surface area (TPSA) is 16.1 Å². The van der Waals surface area contributed by atoms with Gasteiger partial charge in [-0.1, -0.05) is 13.0 Å². The van der Waals surface area contributed by atoms with E-state index in [4.69, 9.17) is 0 Å². The zero-order valence-corrected chi connectivity index (χ0v) is 8.75. The lowest BCUT2D eigenvalue weighted by atomic mass is 10.2. The van der Waals surface area contributed by atoms with E-state index >= 15 is 0 Å². The Kier molecular flexibility index (Phi) is 3.90. The van der Waals surface area contributed by atoms with Gasteiger partial charge in [-0.15, -0.1) is 0 Å². The zero-order chi connectivity index (χ0) is 9.68. The van der Waals surface area contributed by atoms with Crippen LogP contribution in [-0.2, 0) is 6.54 Å². The van der Waals surface area contributed by atoms with Crippen LogP contribution in [0.15, 0.2) is 18.3 Å². The maximum absolute atomic E-state index is 4.27. The van der Waals surface area contributed by atoms with Gasteiger partial charge in [-0.2, -0.15) is 0 Å². The molecule has 0 aromatic carbocycles. The molecule has 0 aliphatic heterocycles. The summed E-state index contributed by atoms with van der Waals surface area (Å²) in [7, 11) is 2.15. The highest BCUT2D eigenvalue weighted by Gasteiger charge is 2.01. The standard InChI is InChI=1S/C11H18N2/c1-4-8-13(3)9-11-6-5-7-12-10(11)2/h5-7H,4,8-9H2,1-3H3. The van der Waals surface area contributed by atoms with Gasteiger partial charge < -0.3 is 4.90 Å². The van der Waals surface area contributed by atoms with Crippen molar-refractivity contribution in [3.63, 3.8) is 0 Å². The van der Waals surface area contributed by atoms with Crippen LogP contribution in [0.5, 0.6) is 0 Å². The molecule has 2 nitrogen and oxygen atoms in total. The first kappa shape index (κ1) is 10.2. The largest absolute Gasteiger partial charge is 0.302 e. The summed E-state index contributed by atoms with van der Waals surface area (Å²) in [6.45, 7) is 6.42. The van der Waals surface area contributed by atoms with Crippen LogP contribution in [-0.4, -0.2) is 23.5 Å². The van der Waals surface area contributed by atoms with Crippen molar-refractivity contribution < 1.29 is 0 Å². The first-order chi connectivity index (χ1) is 6.24. The van der Waals surface area contributed by atoms with Crippen molar-refractivity contribution >= 4 is 0 Å². The van der Waals surface area contributed by atoms with Crippen molar-refractivity contribution in [3.8, 4) is 0 Å². The Morgan fingerprint density at radius 1 is 1.46 bits per heavy atom. The SMILES string of the molecule is CCCN(C)Cc1cccnc1C. The first-order valence-electron chi connectivity index (χ1n) is 4.83. The summed E-state index contributed by atoms with van der Waals surface area (Å²) in [6, 6.07) is 4.15. The van der Waals surface area contributed by atoms with E-state index in [-0.39, 0.29) is 0 Å². The van der Waals surface area contributed by atoms with E-state index in [1.165, 1.54) is 12.0 Å². The average Bonchev–Trinajstić information content (AvgIpc) is 2.09. The van der Waals surface area contributed by atoms with E-state index < -0.39 is 0 Å². The molecule has 13 heavy (non-hydrogen) atoms. The summed E-state index contributed by atoms with van der Waals surface area (Å²) < 4.78 is 0. The Hall–Kier alpha value is -0.890. The third kappa shape index (κ3) is 3.15. The van der Waals surface area contributed by atoms with Gasteiger partial charge in [0.2, 0.25) is 0 Å². The monoisotopic (exact) mass is 178 g/mol. The quantitative estimate of drug-likeness (QED) is 0.703. The van der Waals surface area contributed by atoms with Crippen LogP contribution in [0.2, 0.25) is 0 Å². The van der Waals surface area contributed by atoms with Crippen LogP contribution in [0.3, 0.4) is 0 Å². The number of pyridine rings is 1.